The van der Waals surface area contributed by atoms with Crippen molar-refractivity contribution in [1.82, 2.24) is 0 Å². The van der Waals surface area contributed by atoms with Crippen LogP contribution in [-0.2, 0) is 0 Å². The van der Waals surface area contributed by atoms with E-state index in [-0.39, 0.29) is 0 Å². The number of hydrogen-bond donors (Lipinski definition) is 1. The summed E-state index contributed by atoms with van der Waals surface area (Å²) in [5.41, 5.74) is 17.4. The molecule has 7 aliphatic carbocycles. The van der Waals surface area contributed by atoms with Crippen LogP contribution >= 0.6 is 0 Å². The number of allylic oxidation sites excluding steroid dienone is 21. The molecule has 5 atom stereocenters. The molecule has 1 heteroatoms. The van der Waals surface area contributed by atoms with E-state index in [1.54, 1.807) is 22.3 Å². The summed E-state index contributed by atoms with van der Waals surface area (Å²) in [7, 11) is 0. The average molecular weight is 626 g/mol. The van der Waals surface area contributed by atoms with Crippen molar-refractivity contribution in [3.05, 3.63) is 130 Å². The maximum atomic E-state index is 6.18. The molecule has 0 bridgehead atoms. The molecule has 0 aliphatic heterocycles. The molecule has 0 heterocycles. The van der Waals surface area contributed by atoms with Gasteiger partial charge in [-0.25, -0.2) is 0 Å². The van der Waals surface area contributed by atoms with Crippen LogP contribution in [0.15, 0.2) is 130 Å². The van der Waals surface area contributed by atoms with Crippen LogP contribution in [0.1, 0.15) is 110 Å². The van der Waals surface area contributed by atoms with E-state index in [1.807, 2.05) is 11.8 Å². The van der Waals surface area contributed by atoms with Crippen LogP contribution in [0.4, 0.5) is 0 Å². The lowest BCUT2D eigenvalue weighted by atomic mass is 9.61. The van der Waals surface area contributed by atoms with Gasteiger partial charge in [-0.3, -0.25) is 0 Å². The largest absolute Gasteiger partial charge is 0.404 e. The number of rotatable bonds is 7. The third-order valence-electron chi connectivity index (χ3n) is 12.9. The molecule has 7 aliphatic rings. The first-order valence-corrected chi connectivity index (χ1v) is 19.4. The molecular weight excluding hydrogens is 567 g/mol. The lowest BCUT2D eigenvalue weighted by Gasteiger charge is -2.43. The van der Waals surface area contributed by atoms with Crippen LogP contribution in [0.25, 0.3) is 0 Å². The fourth-order valence-corrected chi connectivity index (χ4v) is 10.2. The number of hydrogen-bond acceptors (Lipinski definition) is 1. The topological polar surface area (TPSA) is 26.0 Å². The fourth-order valence-electron chi connectivity index (χ4n) is 10.2. The van der Waals surface area contributed by atoms with Crippen molar-refractivity contribution in [2.45, 2.75) is 110 Å². The van der Waals surface area contributed by atoms with Gasteiger partial charge >= 0.3 is 0 Å². The molecule has 1 nitrogen and oxygen atoms in total. The van der Waals surface area contributed by atoms with E-state index in [1.165, 1.54) is 107 Å². The molecule has 5 unspecified atom stereocenters. The average Bonchev–Trinajstić information content (AvgIpc) is 3.36. The highest BCUT2D eigenvalue weighted by Gasteiger charge is 2.39. The molecule has 0 radical (unpaired) electrons. The van der Waals surface area contributed by atoms with Crippen LogP contribution in [0.3, 0.4) is 0 Å². The Kier molecular flexibility index (Phi) is 10.7. The Hall–Kier alpha value is -3.06. The van der Waals surface area contributed by atoms with Gasteiger partial charge in [0.2, 0.25) is 0 Å². The summed E-state index contributed by atoms with van der Waals surface area (Å²) in [6.45, 7) is 2.28. The smallest absolute Gasteiger partial charge is 0.00547 e. The zero-order chi connectivity index (χ0) is 32.0. The Balaban J connectivity index is 1.05. The van der Waals surface area contributed by atoms with Gasteiger partial charge in [-0.2, -0.15) is 0 Å². The van der Waals surface area contributed by atoms with Gasteiger partial charge in [0.15, 0.2) is 0 Å². The lowest BCUT2D eigenvalue weighted by Crippen LogP contribution is -2.33. The monoisotopic (exact) mass is 625 g/mol. The van der Waals surface area contributed by atoms with Gasteiger partial charge in [-0.1, -0.05) is 102 Å². The Morgan fingerprint density at radius 2 is 1.77 bits per heavy atom. The minimum atomic E-state index is 0.577. The molecule has 47 heavy (non-hydrogen) atoms. The molecule has 0 spiro atoms. The highest BCUT2D eigenvalue weighted by Crippen LogP contribution is 2.51. The van der Waals surface area contributed by atoms with Crippen LogP contribution < -0.4 is 5.73 Å². The molecule has 248 valence electrons. The second-order valence-corrected chi connectivity index (χ2v) is 15.8. The minimum absolute atomic E-state index is 0.577. The molecule has 2 N–H and O–H groups in total. The van der Waals surface area contributed by atoms with Crippen molar-refractivity contribution in [3.63, 3.8) is 0 Å². The van der Waals surface area contributed by atoms with Crippen LogP contribution in [0, 0.1) is 41.4 Å². The summed E-state index contributed by atoms with van der Waals surface area (Å²) in [6.07, 6.45) is 56.6. The van der Waals surface area contributed by atoms with E-state index in [2.05, 4.69) is 92.0 Å². The van der Waals surface area contributed by atoms with Gasteiger partial charge < -0.3 is 5.73 Å². The standard InChI is InChI=1S/C46H59N/c1-33-11-10-16-37(23-19-33)39(32-47)26-22-34-20-24-38(25-21-34)43-27-28-44(46-18-9-8-17-45(43)46)42-30-40(35-12-4-2-5-13-35)29-41(31-42)36-14-6-3-7-15-36/h2,4,6,8-9,12,14-15,17-19,22,26,31-32,34,37-38,40,42,44,46H,3,5,7,10-11,13,16,20-21,23-25,27-30,47H2,1H3/b26-22+,39-32+. The SMILES string of the molecule is CC1=CCC(C(=C/N)/C=C/C2CCC(C3=C4C=CC=CC4C(C4C=C(C5=CCCC=C5)CC(C5=CC=CCC5)C4)CC3)CC2)CCC1. The van der Waals surface area contributed by atoms with Crippen molar-refractivity contribution in [2.75, 3.05) is 0 Å². The molecule has 0 aromatic carbocycles. The van der Waals surface area contributed by atoms with Crippen molar-refractivity contribution in [1.29, 1.82) is 0 Å². The first-order valence-electron chi connectivity index (χ1n) is 19.4. The molecular formula is C46H59N. The molecule has 1 fully saturated rings. The Labute approximate surface area is 286 Å². The first-order chi connectivity index (χ1) is 23.2. The van der Waals surface area contributed by atoms with E-state index in [9.17, 15) is 0 Å². The maximum absolute atomic E-state index is 6.18. The second kappa shape index (κ2) is 15.4. The van der Waals surface area contributed by atoms with Gasteiger partial charge in [0.05, 0.1) is 0 Å². The number of fused-ring (bicyclic) bond motifs is 1. The van der Waals surface area contributed by atoms with Crippen molar-refractivity contribution < 1.29 is 0 Å². The summed E-state index contributed by atoms with van der Waals surface area (Å²) >= 11 is 0. The maximum Gasteiger partial charge on any atom is 0.00547 e. The van der Waals surface area contributed by atoms with E-state index in [4.69, 9.17) is 5.73 Å². The van der Waals surface area contributed by atoms with Crippen LogP contribution in [0.5, 0.6) is 0 Å². The van der Waals surface area contributed by atoms with Crippen molar-refractivity contribution in [2.24, 2.45) is 47.2 Å². The van der Waals surface area contributed by atoms with Crippen molar-refractivity contribution >= 4 is 0 Å². The fraction of sp³-hybridized carbons (Fsp3) is 0.522. The molecule has 7 rings (SSSR count). The van der Waals surface area contributed by atoms with Gasteiger partial charge in [-0.15, -0.1) is 0 Å². The second-order valence-electron chi connectivity index (χ2n) is 15.8. The molecule has 0 amide bonds. The van der Waals surface area contributed by atoms with Gasteiger partial charge in [-0.05, 0) is 174 Å². The predicted octanol–water partition coefficient (Wildman–Crippen LogP) is 12.3. The summed E-state index contributed by atoms with van der Waals surface area (Å²) in [5.74, 6) is 4.68. The van der Waals surface area contributed by atoms with Crippen LogP contribution in [0.2, 0.25) is 0 Å². The summed E-state index contributed by atoms with van der Waals surface area (Å²) in [4.78, 5) is 0. The molecule has 0 aromatic heterocycles. The predicted molar refractivity (Wildman–Crippen MR) is 201 cm³/mol. The minimum Gasteiger partial charge on any atom is -0.404 e. The third-order valence-corrected chi connectivity index (χ3v) is 12.9. The highest BCUT2D eigenvalue weighted by molar-refractivity contribution is 5.45. The van der Waals surface area contributed by atoms with E-state index < -0.39 is 0 Å². The highest BCUT2D eigenvalue weighted by atomic mass is 14.5. The zero-order valence-electron chi connectivity index (χ0n) is 29.1. The van der Waals surface area contributed by atoms with E-state index >= 15 is 0 Å². The Morgan fingerprint density at radius 1 is 0.851 bits per heavy atom. The summed E-state index contributed by atoms with van der Waals surface area (Å²) in [6, 6.07) is 0. The summed E-state index contributed by atoms with van der Waals surface area (Å²) in [5, 5.41) is 0. The molecule has 0 aromatic rings. The first kappa shape index (κ1) is 32.5. The third kappa shape index (κ3) is 7.66. The normalized spacial score (nSPS) is 34.8. The van der Waals surface area contributed by atoms with Gasteiger partial charge in [0.25, 0.3) is 0 Å². The summed E-state index contributed by atoms with van der Waals surface area (Å²) < 4.78 is 0. The zero-order valence-corrected chi connectivity index (χ0v) is 29.1. The Morgan fingerprint density at radius 3 is 2.57 bits per heavy atom. The van der Waals surface area contributed by atoms with Crippen LogP contribution in [-0.4, -0.2) is 0 Å². The molecule has 1 saturated carbocycles. The lowest BCUT2D eigenvalue weighted by molar-refractivity contribution is 0.238. The molecule has 0 saturated heterocycles. The van der Waals surface area contributed by atoms with Gasteiger partial charge in [0.1, 0.15) is 0 Å². The van der Waals surface area contributed by atoms with Gasteiger partial charge in [0, 0.05) is 5.92 Å². The van der Waals surface area contributed by atoms with Crippen molar-refractivity contribution in [3.8, 4) is 0 Å². The Bertz CT molecular complexity index is 1480. The van der Waals surface area contributed by atoms with E-state index in [0.29, 0.717) is 35.5 Å². The number of nitrogens with two attached hydrogens (primary N) is 1. The quantitative estimate of drug-likeness (QED) is 0.221. The van der Waals surface area contributed by atoms with E-state index in [0.717, 1.165) is 12.3 Å².